The molecule has 3 rings (SSSR count). The van der Waals surface area contributed by atoms with Gasteiger partial charge in [-0.25, -0.2) is 14.6 Å². The Bertz CT molecular complexity index is 645. The maximum Gasteiger partial charge on any atom is 0.242 e. The quantitative estimate of drug-likeness (QED) is 0.858. The van der Waals surface area contributed by atoms with Crippen molar-refractivity contribution in [1.82, 2.24) is 19.7 Å². The Morgan fingerprint density at radius 3 is 3.00 bits per heavy atom. The second kappa shape index (κ2) is 7.04. The van der Waals surface area contributed by atoms with E-state index in [0.29, 0.717) is 17.7 Å². The van der Waals surface area contributed by atoms with Gasteiger partial charge in [-0.1, -0.05) is 0 Å². The lowest BCUT2D eigenvalue weighted by Crippen LogP contribution is -2.33. The molecule has 1 fully saturated rings. The highest BCUT2D eigenvalue weighted by atomic mass is 19.1. The summed E-state index contributed by atoms with van der Waals surface area (Å²) in [7, 11) is 0. The largest absolute Gasteiger partial charge is 0.375 e. The molecule has 2 aromatic heterocycles. The summed E-state index contributed by atoms with van der Waals surface area (Å²) in [5.74, 6) is 0.0193. The topological polar surface area (TPSA) is 64.9 Å². The summed E-state index contributed by atoms with van der Waals surface area (Å²) >= 11 is 0. The molecule has 0 amide bonds. The summed E-state index contributed by atoms with van der Waals surface area (Å²) in [5.41, 5.74) is 0.600. The van der Waals surface area contributed by atoms with Crippen molar-refractivity contribution in [3.8, 4) is 5.69 Å². The third-order valence-corrected chi connectivity index (χ3v) is 3.89. The van der Waals surface area contributed by atoms with Gasteiger partial charge in [-0.2, -0.15) is 4.39 Å². The first-order chi connectivity index (χ1) is 11.1. The first-order valence-corrected chi connectivity index (χ1v) is 8.06. The SMILES string of the molecule is CC(C)OC1CCCC(Nc2ncn(-c3ccnc(F)c3)n2)C1. The molecule has 2 aromatic rings. The summed E-state index contributed by atoms with van der Waals surface area (Å²) in [6.45, 7) is 4.13. The fourth-order valence-corrected chi connectivity index (χ4v) is 2.96. The number of rotatable bonds is 5. The summed E-state index contributed by atoms with van der Waals surface area (Å²) in [5, 5.41) is 7.72. The van der Waals surface area contributed by atoms with Crippen LogP contribution in [0.5, 0.6) is 0 Å². The van der Waals surface area contributed by atoms with Crippen LogP contribution in [-0.4, -0.2) is 38.0 Å². The fourth-order valence-electron chi connectivity index (χ4n) is 2.96. The number of ether oxygens (including phenoxy) is 1. The van der Waals surface area contributed by atoms with Crippen LogP contribution in [0.4, 0.5) is 10.3 Å². The van der Waals surface area contributed by atoms with E-state index >= 15 is 0 Å². The van der Waals surface area contributed by atoms with Crippen LogP contribution in [-0.2, 0) is 4.74 Å². The molecule has 0 aliphatic heterocycles. The van der Waals surface area contributed by atoms with Crippen molar-refractivity contribution in [3.63, 3.8) is 0 Å². The first-order valence-electron chi connectivity index (χ1n) is 8.06. The molecule has 0 radical (unpaired) electrons. The lowest BCUT2D eigenvalue weighted by molar-refractivity contribution is -0.0141. The third kappa shape index (κ3) is 4.25. The van der Waals surface area contributed by atoms with Gasteiger partial charge in [0.2, 0.25) is 11.9 Å². The van der Waals surface area contributed by atoms with Gasteiger partial charge in [0.25, 0.3) is 0 Å². The molecular formula is C16H22FN5O. The summed E-state index contributed by atoms with van der Waals surface area (Å²) in [6, 6.07) is 3.32. The lowest BCUT2D eigenvalue weighted by Gasteiger charge is -2.30. The van der Waals surface area contributed by atoms with Crippen molar-refractivity contribution in [2.24, 2.45) is 0 Å². The minimum atomic E-state index is -0.534. The van der Waals surface area contributed by atoms with Gasteiger partial charge in [-0.15, -0.1) is 5.10 Å². The molecular weight excluding hydrogens is 297 g/mol. The molecule has 0 aromatic carbocycles. The maximum absolute atomic E-state index is 13.2. The van der Waals surface area contributed by atoms with E-state index in [1.54, 1.807) is 12.4 Å². The predicted molar refractivity (Wildman–Crippen MR) is 85.0 cm³/mol. The standard InChI is InChI=1S/C16H22FN5O/c1-11(2)23-14-5-3-4-12(8-14)20-16-19-10-22(21-16)13-6-7-18-15(17)9-13/h6-7,9-12,14H,3-5,8H2,1-2H3,(H,20,21). The summed E-state index contributed by atoms with van der Waals surface area (Å²) in [6.07, 6.45) is 7.79. The number of hydrogen-bond acceptors (Lipinski definition) is 5. The van der Waals surface area contributed by atoms with Crippen LogP contribution >= 0.6 is 0 Å². The molecule has 2 atom stereocenters. The Morgan fingerprint density at radius 1 is 1.35 bits per heavy atom. The molecule has 23 heavy (non-hydrogen) atoms. The number of anilines is 1. The molecule has 1 N–H and O–H groups in total. The van der Waals surface area contributed by atoms with Crippen LogP contribution in [0.15, 0.2) is 24.7 Å². The van der Waals surface area contributed by atoms with Crippen LogP contribution in [0.1, 0.15) is 39.5 Å². The average molecular weight is 319 g/mol. The average Bonchev–Trinajstić information content (AvgIpc) is 2.95. The van der Waals surface area contributed by atoms with Crippen LogP contribution in [0.25, 0.3) is 5.69 Å². The van der Waals surface area contributed by atoms with E-state index in [4.69, 9.17) is 4.74 Å². The highest BCUT2D eigenvalue weighted by Gasteiger charge is 2.24. The smallest absolute Gasteiger partial charge is 0.242 e. The minimum absolute atomic E-state index is 0.248. The van der Waals surface area contributed by atoms with E-state index < -0.39 is 5.95 Å². The Hall–Kier alpha value is -2.02. The van der Waals surface area contributed by atoms with E-state index in [-0.39, 0.29) is 12.2 Å². The zero-order valence-corrected chi connectivity index (χ0v) is 13.4. The Balaban J connectivity index is 1.62. The normalized spacial score (nSPS) is 21.6. The number of aromatic nitrogens is 4. The van der Waals surface area contributed by atoms with Crippen LogP contribution in [0.2, 0.25) is 0 Å². The van der Waals surface area contributed by atoms with Gasteiger partial charge < -0.3 is 10.1 Å². The first kappa shape index (κ1) is 15.9. The monoisotopic (exact) mass is 319 g/mol. The second-order valence-corrected chi connectivity index (χ2v) is 6.16. The predicted octanol–water partition coefficient (Wildman–Crippen LogP) is 2.95. The zero-order chi connectivity index (χ0) is 16.2. The summed E-state index contributed by atoms with van der Waals surface area (Å²) < 4.78 is 20.6. The molecule has 1 saturated carbocycles. The molecule has 7 heteroatoms. The second-order valence-electron chi connectivity index (χ2n) is 6.16. The highest BCUT2D eigenvalue weighted by molar-refractivity contribution is 5.31. The van der Waals surface area contributed by atoms with Gasteiger partial charge in [0.1, 0.15) is 6.33 Å². The van der Waals surface area contributed by atoms with Gasteiger partial charge >= 0.3 is 0 Å². The maximum atomic E-state index is 13.2. The van der Waals surface area contributed by atoms with Gasteiger partial charge in [0.05, 0.1) is 17.9 Å². The fraction of sp³-hybridized carbons (Fsp3) is 0.562. The van der Waals surface area contributed by atoms with Crippen LogP contribution in [0.3, 0.4) is 0 Å². The van der Waals surface area contributed by atoms with Gasteiger partial charge in [-0.05, 0) is 45.6 Å². The minimum Gasteiger partial charge on any atom is -0.375 e. The Kier molecular flexibility index (Phi) is 4.85. The van der Waals surface area contributed by atoms with Crippen molar-refractivity contribution in [3.05, 3.63) is 30.6 Å². The lowest BCUT2D eigenvalue weighted by atomic mass is 9.93. The van der Waals surface area contributed by atoms with Crippen molar-refractivity contribution < 1.29 is 9.13 Å². The Labute approximate surface area is 135 Å². The number of nitrogens with zero attached hydrogens (tertiary/aromatic N) is 4. The van der Waals surface area contributed by atoms with E-state index in [1.165, 1.54) is 16.9 Å². The molecule has 1 aliphatic carbocycles. The number of hydrogen-bond donors (Lipinski definition) is 1. The van der Waals surface area contributed by atoms with Crippen molar-refractivity contribution in [2.75, 3.05) is 5.32 Å². The molecule has 2 unspecified atom stereocenters. The van der Waals surface area contributed by atoms with Crippen molar-refractivity contribution in [2.45, 2.75) is 57.8 Å². The molecule has 124 valence electrons. The van der Waals surface area contributed by atoms with Gasteiger partial charge in [0.15, 0.2) is 0 Å². The molecule has 0 spiro atoms. The van der Waals surface area contributed by atoms with Crippen LogP contribution in [0, 0.1) is 5.95 Å². The third-order valence-electron chi connectivity index (χ3n) is 3.89. The van der Waals surface area contributed by atoms with E-state index in [2.05, 4.69) is 34.2 Å². The Morgan fingerprint density at radius 2 is 2.22 bits per heavy atom. The molecule has 0 saturated heterocycles. The summed E-state index contributed by atoms with van der Waals surface area (Å²) in [4.78, 5) is 7.80. The van der Waals surface area contributed by atoms with E-state index in [9.17, 15) is 4.39 Å². The number of pyridine rings is 1. The number of nitrogens with one attached hydrogen (secondary N) is 1. The van der Waals surface area contributed by atoms with Crippen LogP contribution < -0.4 is 5.32 Å². The van der Waals surface area contributed by atoms with Gasteiger partial charge in [0, 0.05) is 18.3 Å². The molecule has 6 nitrogen and oxygen atoms in total. The van der Waals surface area contributed by atoms with E-state index in [0.717, 1.165) is 25.7 Å². The van der Waals surface area contributed by atoms with Crippen molar-refractivity contribution in [1.29, 1.82) is 0 Å². The van der Waals surface area contributed by atoms with Gasteiger partial charge in [-0.3, -0.25) is 0 Å². The number of halogens is 1. The highest BCUT2D eigenvalue weighted by Crippen LogP contribution is 2.24. The molecule has 0 bridgehead atoms. The van der Waals surface area contributed by atoms with Crippen molar-refractivity contribution >= 4 is 5.95 Å². The van der Waals surface area contributed by atoms with E-state index in [1.807, 2.05) is 0 Å². The zero-order valence-electron chi connectivity index (χ0n) is 13.4. The molecule has 1 aliphatic rings. The molecule has 2 heterocycles.